The second-order valence-electron chi connectivity index (χ2n) is 7.01. The van der Waals surface area contributed by atoms with Crippen LogP contribution in [0.25, 0.3) is 0 Å². The van der Waals surface area contributed by atoms with Crippen LogP contribution in [0.2, 0.25) is 0 Å². The van der Waals surface area contributed by atoms with Gasteiger partial charge in [-0.2, -0.15) is 0 Å². The fourth-order valence-electron chi connectivity index (χ4n) is 3.21. The van der Waals surface area contributed by atoms with Gasteiger partial charge in [0, 0.05) is 25.3 Å². The molecular formula is C20H26N6O3. The lowest BCUT2D eigenvalue weighted by Crippen LogP contribution is -2.41. The second-order valence-corrected chi connectivity index (χ2v) is 7.01. The van der Waals surface area contributed by atoms with Crippen LogP contribution in [0.1, 0.15) is 17.8 Å². The predicted molar refractivity (Wildman–Crippen MR) is 108 cm³/mol. The number of amides is 2. The van der Waals surface area contributed by atoms with E-state index in [1.165, 1.54) is 0 Å². The van der Waals surface area contributed by atoms with Crippen molar-refractivity contribution in [3.8, 4) is 0 Å². The van der Waals surface area contributed by atoms with Gasteiger partial charge in [-0.1, -0.05) is 30.3 Å². The molecule has 1 atom stereocenters. The third-order valence-corrected chi connectivity index (χ3v) is 4.85. The Kier molecular flexibility index (Phi) is 6.96. The summed E-state index contributed by atoms with van der Waals surface area (Å²) in [5, 5.41) is 2.52. The van der Waals surface area contributed by atoms with E-state index in [0.29, 0.717) is 31.3 Å². The topological polar surface area (TPSA) is 114 Å². The van der Waals surface area contributed by atoms with E-state index < -0.39 is 6.09 Å². The molecule has 0 saturated carbocycles. The maximum Gasteiger partial charge on any atom is 0.407 e. The van der Waals surface area contributed by atoms with Gasteiger partial charge in [-0.05, 0) is 25.1 Å². The number of nitrogens with one attached hydrogen (secondary N) is 1. The van der Waals surface area contributed by atoms with Crippen LogP contribution < -0.4 is 11.1 Å². The molecule has 1 aromatic carbocycles. The Balaban J connectivity index is 1.39. The normalized spacial score (nSPS) is 16.1. The van der Waals surface area contributed by atoms with Crippen LogP contribution in [-0.2, 0) is 22.7 Å². The zero-order chi connectivity index (χ0) is 20.6. The highest BCUT2D eigenvalue weighted by Gasteiger charge is 2.29. The summed E-state index contributed by atoms with van der Waals surface area (Å²) in [4.78, 5) is 36.5. The van der Waals surface area contributed by atoms with E-state index in [-0.39, 0.29) is 25.1 Å². The Bertz CT molecular complexity index is 832. The third kappa shape index (κ3) is 6.15. The van der Waals surface area contributed by atoms with E-state index in [9.17, 15) is 9.59 Å². The van der Waals surface area contributed by atoms with E-state index in [2.05, 4.69) is 20.2 Å². The van der Waals surface area contributed by atoms with Crippen molar-refractivity contribution in [2.75, 3.05) is 32.4 Å². The molecule has 3 N–H and O–H groups in total. The van der Waals surface area contributed by atoms with Gasteiger partial charge in [-0.15, -0.1) is 0 Å². The molecular weight excluding hydrogens is 372 g/mol. The molecule has 0 radical (unpaired) electrons. The zero-order valence-electron chi connectivity index (χ0n) is 16.5. The van der Waals surface area contributed by atoms with Crippen molar-refractivity contribution >= 4 is 17.8 Å². The molecule has 1 fully saturated rings. The monoisotopic (exact) mass is 398 g/mol. The lowest BCUT2D eigenvalue weighted by molar-refractivity contribution is -0.129. The van der Waals surface area contributed by atoms with Crippen LogP contribution in [0, 0.1) is 0 Å². The summed E-state index contributed by atoms with van der Waals surface area (Å²) < 4.78 is 5.12. The smallest absolute Gasteiger partial charge is 0.407 e. The van der Waals surface area contributed by atoms with Crippen LogP contribution in [0.3, 0.4) is 0 Å². The maximum absolute atomic E-state index is 12.4. The number of aromatic nitrogens is 2. The Labute approximate surface area is 169 Å². The molecule has 2 heterocycles. The number of likely N-dealkylation sites (tertiary alicyclic amines) is 1. The van der Waals surface area contributed by atoms with Crippen molar-refractivity contribution in [1.82, 2.24) is 25.1 Å². The molecule has 29 heavy (non-hydrogen) atoms. The largest absolute Gasteiger partial charge is 0.445 e. The van der Waals surface area contributed by atoms with Gasteiger partial charge < -0.3 is 20.7 Å². The van der Waals surface area contributed by atoms with E-state index in [0.717, 1.165) is 12.0 Å². The number of alkyl carbamates (subject to hydrolysis) is 1. The highest BCUT2D eigenvalue weighted by molar-refractivity contribution is 5.82. The molecule has 3 rings (SSSR count). The lowest BCUT2D eigenvalue weighted by atomic mass is 10.2. The average molecular weight is 398 g/mol. The van der Waals surface area contributed by atoms with Crippen LogP contribution in [-0.4, -0.2) is 64.5 Å². The molecule has 9 nitrogen and oxygen atoms in total. The molecule has 1 aromatic heterocycles. The lowest BCUT2D eigenvalue weighted by Gasteiger charge is -2.24. The Hall–Kier alpha value is -3.20. The number of carbonyl (C=O) groups excluding carboxylic acids is 2. The molecule has 9 heteroatoms. The SMILES string of the molecule is CN(Cc1nccc(N)n1)[C@@H]1CCN(C(=O)CNC(=O)OCc2ccccc2)C1. The average Bonchev–Trinajstić information content (AvgIpc) is 3.22. The second kappa shape index (κ2) is 9.83. The Morgan fingerprint density at radius 3 is 2.86 bits per heavy atom. The van der Waals surface area contributed by atoms with E-state index in [1.807, 2.05) is 37.4 Å². The third-order valence-electron chi connectivity index (χ3n) is 4.85. The highest BCUT2D eigenvalue weighted by atomic mass is 16.5. The number of nitrogens with zero attached hydrogens (tertiary/aromatic N) is 4. The summed E-state index contributed by atoms with van der Waals surface area (Å²) in [6.45, 7) is 1.89. The van der Waals surface area contributed by atoms with Crippen molar-refractivity contribution in [2.45, 2.75) is 25.6 Å². The van der Waals surface area contributed by atoms with Gasteiger partial charge >= 0.3 is 6.09 Å². The van der Waals surface area contributed by atoms with Gasteiger partial charge in [-0.3, -0.25) is 9.69 Å². The first-order chi connectivity index (χ1) is 14.0. The summed E-state index contributed by atoms with van der Waals surface area (Å²) in [5.74, 6) is 0.967. The number of benzene rings is 1. The van der Waals surface area contributed by atoms with Crippen molar-refractivity contribution in [2.24, 2.45) is 0 Å². The fraction of sp³-hybridized carbons (Fsp3) is 0.400. The standard InChI is InChI=1S/C20H26N6O3/c1-25(13-18-22-9-7-17(21)24-18)16-8-10-26(12-16)19(27)11-23-20(28)29-14-15-5-3-2-4-6-15/h2-7,9,16H,8,10-14H2,1H3,(H,23,28)(H2,21,22,24)/t16-/m1/s1. The van der Waals surface area contributed by atoms with Gasteiger partial charge in [0.1, 0.15) is 24.8 Å². The Morgan fingerprint density at radius 1 is 1.31 bits per heavy atom. The van der Waals surface area contributed by atoms with Gasteiger partial charge in [-0.25, -0.2) is 14.8 Å². The predicted octanol–water partition coefficient (Wildman–Crippen LogP) is 1.02. The van der Waals surface area contributed by atoms with Crippen LogP contribution in [0.5, 0.6) is 0 Å². The first-order valence-corrected chi connectivity index (χ1v) is 9.51. The van der Waals surface area contributed by atoms with E-state index in [4.69, 9.17) is 10.5 Å². The van der Waals surface area contributed by atoms with Crippen LogP contribution >= 0.6 is 0 Å². The van der Waals surface area contributed by atoms with Crippen molar-refractivity contribution in [1.29, 1.82) is 0 Å². The van der Waals surface area contributed by atoms with Gasteiger partial charge in [0.25, 0.3) is 0 Å². The van der Waals surface area contributed by atoms with Crippen molar-refractivity contribution in [3.05, 3.63) is 54.0 Å². The molecule has 0 aliphatic carbocycles. The summed E-state index contributed by atoms with van der Waals surface area (Å²) in [5.41, 5.74) is 6.59. The summed E-state index contributed by atoms with van der Waals surface area (Å²) >= 11 is 0. The van der Waals surface area contributed by atoms with Crippen molar-refractivity contribution < 1.29 is 14.3 Å². The first kappa shape index (κ1) is 20.5. The molecule has 1 aliphatic heterocycles. The molecule has 0 bridgehead atoms. The number of ether oxygens (including phenoxy) is 1. The Morgan fingerprint density at radius 2 is 2.10 bits per heavy atom. The molecule has 1 saturated heterocycles. The highest BCUT2D eigenvalue weighted by Crippen LogP contribution is 2.16. The quantitative estimate of drug-likeness (QED) is 0.716. The number of nitrogen functional groups attached to an aromatic ring is 1. The molecule has 1 aliphatic rings. The fourth-order valence-corrected chi connectivity index (χ4v) is 3.21. The zero-order valence-corrected chi connectivity index (χ0v) is 16.5. The van der Waals surface area contributed by atoms with Gasteiger partial charge in [0.15, 0.2) is 0 Å². The van der Waals surface area contributed by atoms with Gasteiger partial charge in [0.2, 0.25) is 5.91 Å². The number of likely N-dealkylation sites (N-methyl/N-ethyl adjacent to an activating group) is 1. The number of nitrogens with two attached hydrogens (primary N) is 1. The minimum absolute atomic E-state index is 0.0810. The molecule has 154 valence electrons. The van der Waals surface area contributed by atoms with E-state index >= 15 is 0 Å². The molecule has 0 spiro atoms. The summed E-state index contributed by atoms with van der Waals surface area (Å²) in [7, 11) is 1.98. The number of rotatable bonds is 7. The summed E-state index contributed by atoms with van der Waals surface area (Å²) in [6, 6.07) is 11.2. The molecule has 2 aromatic rings. The first-order valence-electron chi connectivity index (χ1n) is 9.51. The number of anilines is 1. The van der Waals surface area contributed by atoms with Crippen LogP contribution in [0.4, 0.5) is 10.6 Å². The van der Waals surface area contributed by atoms with Gasteiger partial charge in [0.05, 0.1) is 6.54 Å². The number of hydrogen-bond donors (Lipinski definition) is 2. The van der Waals surface area contributed by atoms with Crippen LogP contribution in [0.15, 0.2) is 42.6 Å². The van der Waals surface area contributed by atoms with Crippen molar-refractivity contribution in [3.63, 3.8) is 0 Å². The maximum atomic E-state index is 12.4. The minimum Gasteiger partial charge on any atom is -0.445 e. The van der Waals surface area contributed by atoms with E-state index in [1.54, 1.807) is 17.2 Å². The molecule has 0 unspecified atom stereocenters. The summed E-state index contributed by atoms with van der Waals surface area (Å²) in [6.07, 6.45) is 1.88. The minimum atomic E-state index is -0.603. The number of carbonyl (C=O) groups is 2. The number of hydrogen-bond acceptors (Lipinski definition) is 7. The molecule has 2 amide bonds.